The standard InChI is InChI=1S/C19H30N4O.HI/c1-15(16-9-5-3-6-10-16)23-19(20-2)22-14-13-21-18(24)17-11-7-4-8-12-17;/h3,5-6,9-10,15,17H,4,7-8,11-14H2,1-2H3,(H,21,24)(H2,20,22,23);1H. The lowest BCUT2D eigenvalue weighted by Gasteiger charge is -2.21. The van der Waals surface area contributed by atoms with Gasteiger partial charge >= 0.3 is 0 Å². The van der Waals surface area contributed by atoms with E-state index in [1.165, 1.54) is 24.8 Å². The predicted molar refractivity (Wildman–Crippen MR) is 114 cm³/mol. The molecule has 1 fully saturated rings. The van der Waals surface area contributed by atoms with Crippen molar-refractivity contribution in [2.45, 2.75) is 45.1 Å². The SMILES string of the molecule is CN=C(NCCNC(=O)C1CCCCC1)NC(C)c1ccccc1.I. The average Bonchev–Trinajstić information content (AvgIpc) is 2.65. The second kappa shape index (κ2) is 12.1. The van der Waals surface area contributed by atoms with Crippen molar-refractivity contribution in [2.24, 2.45) is 10.9 Å². The van der Waals surface area contributed by atoms with E-state index < -0.39 is 0 Å². The number of benzene rings is 1. The summed E-state index contributed by atoms with van der Waals surface area (Å²) < 4.78 is 0. The number of nitrogens with one attached hydrogen (secondary N) is 3. The molecule has 6 heteroatoms. The molecular formula is C19H31IN4O. The van der Waals surface area contributed by atoms with Crippen LogP contribution in [0.4, 0.5) is 0 Å². The molecule has 0 saturated heterocycles. The molecule has 1 amide bonds. The Morgan fingerprint density at radius 2 is 1.76 bits per heavy atom. The molecule has 0 aliphatic heterocycles. The highest BCUT2D eigenvalue weighted by atomic mass is 127. The molecule has 0 bridgehead atoms. The van der Waals surface area contributed by atoms with Crippen LogP contribution in [0.2, 0.25) is 0 Å². The van der Waals surface area contributed by atoms with E-state index in [1.807, 2.05) is 18.2 Å². The van der Waals surface area contributed by atoms with Crippen molar-refractivity contribution in [3.05, 3.63) is 35.9 Å². The van der Waals surface area contributed by atoms with Gasteiger partial charge in [0, 0.05) is 26.1 Å². The van der Waals surface area contributed by atoms with Crippen LogP contribution >= 0.6 is 24.0 Å². The summed E-state index contributed by atoms with van der Waals surface area (Å²) >= 11 is 0. The molecular weight excluding hydrogens is 427 g/mol. The molecule has 0 heterocycles. The summed E-state index contributed by atoms with van der Waals surface area (Å²) in [4.78, 5) is 16.3. The van der Waals surface area contributed by atoms with Crippen molar-refractivity contribution in [1.82, 2.24) is 16.0 Å². The van der Waals surface area contributed by atoms with Gasteiger partial charge in [0.05, 0.1) is 6.04 Å². The Bertz CT molecular complexity index is 529. The average molecular weight is 458 g/mol. The Labute approximate surface area is 168 Å². The Morgan fingerprint density at radius 1 is 1.12 bits per heavy atom. The molecule has 0 spiro atoms. The second-order valence-electron chi connectivity index (χ2n) is 6.40. The first kappa shape index (κ1) is 21.7. The molecule has 1 aromatic carbocycles. The van der Waals surface area contributed by atoms with Crippen LogP contribution in [0, 0.1) is 5.92 Å². The molecule has 3 N–H and O–H groups in total. The summed E-state index contributed by atoms with van der Waals surface area (Å²) in [6.45, 7) is 3.39. The molecule has 2 rings (SSSR count). The molecule has 5 nitrogen and oxygen atoms in total. The third-order valence-corrected chi connectivity index (χ3v) is 4.57. The van der Waals surface area contributed by atoms with E-state index in [1.54, 1.807) is 7.05 Å². The fourth-order valence-electron chi connectivity index (χ4n) is 3.10. The van der Waals surface area contributed by atoms with Crippen LogP contribution < -0.4 is 16.0 Å². The summed E-state index contributed by atoms with van der Waals surface area (Å²) in [6, 6.07) is 10.4. The van der Waals surface area contributed by atoms with Crippen LogP contribution in [0.5, 0.6) is 0 Å². The highest BCUT2D eigenvalue weighted by Crippen LogP contribution is 2.23. The Balaban J connectivity index is 0.00000312. The van der Waals surface area contributed by atoms with Gasteiger partial charge in [-0.05, 0) is 25.3 Å². The zero-order valence-electron chi connectivity index (χ0n) is 15.3. The van der Waals surface area contributed by atoms with Gasteiger partial charge in [0.1, 0.15) is 0 Å². The monoisotopic (exact) mass is 458 g/mol. The highest BCUT2D eigenvalue weighted by molar-refractivity contribution is 14.0. The van der Waals surface area contributed by atoms with Gasteiger partial charge in [0.15, 0.2) is 5.96 Å². The zero-order valence-corrected chi connectivity index (χ0v) is 17.6. The number of nitrogens with zero attached hydrogens (tertiary/aromatic N) is 1. The first-order chi connectivity index (χ1) is 11.7. The minimum Gasteiger partial charge on any atom is -0.355 e. The van der Waals surface area contributed by atoms with E-state index in [0.29, 0.717) is 13.1 Å². The number of halogens is 1. The van der Waals surface area contributed by atoms with Crippen molar-refractivity contribution < 1.29 is 4.79 Å². The molecule has 140 valence electrons. The Morgan fingerprint density at radius 3 is 2.40 bits per heavy atom. The van der Waals surface area contributed by atoms with Crippen LogP contribution in [0.3, 0.4) is 0 Å². The van der Waals surface area contributed by atoms with E-state index in [0.717, 1.165) is 18.8 Å². The van der Waals surface area contributed by atoms with Gasteiger partial charge in [-0.15, -0.1) is 24.0 Å². The maximum atomic E-state index is 12.1. The van der Waals surface area contributed by atoms with Crippen LogP contribution in [-0.4, -0.2) is 32.0 Å². The number of rotatable bonds is 6. The van der Waals surface area contributed by atoms with Crippen LogP contribution in [-0.2, 0) is 4.79 Å². The molecule has 1 aliphatic rings. The van der Waals surface area contributed by atoms with E-state index >= 15 is 0 Å². The molecule has 1 aliphatic carbocycles. The predicted octanol–water partition coefficient (Wildman–Crippen LogP) is 3.23. The van der Waals surface area contributed by atoms with Gasteiger partial charge in [-0.25, -0.2) is 0 Å². The molecule has 1 unspecified atom stereocenters. The van der Waals surface area contributed by atoms with Gasteiger partial charge in [-0.2, -0.15) is 0 Å². The molecule has 1 saturated carbocycles. The molecule has 1 atom stereocenters. The highest BCUT2D eigenvalue weighted by Gasteiger charge is 2.20. The third kappa shape index (κ3) is 7.63. The number of hydrogen-bond acceptors (Lipinski definition) is 2. The largest absolute Gasteiger partial charge is 0.355 e. The summed E-state index contributed by atoms with van der Waals surface area (Å²) in [7, 11) is 1.76. The van der Waals surface area contributed by atoms with E-state index in [2.05, 4.69) is 40.0 Å². The van der Waals surface area contributed by atoms with Crippen molar-refractivity contribution in [2.75, 3.05) is 20.1 Å². The lowest BCUT2D eigenvalue weighted by atomic mass is 9.89. The lowest BCUT2D eigenvalue weighted by Crippen LogP contribution is -2.43. The fraction of sp³-hybridized carbons (Fsp3) is 0.579. The first-order valence-electron chi connectivity index (χ1n) is 9.00. The summed E-state index contributed by atoms with van der Waals surface area (Å²) in [6.07, 6.45) is 5.72. The van der Waals surface area contributed by atoms with Gasteiger partial charge in [0.25, 0.3) is 0 Å². The number of guanidine groups is 1. The normalized spacial score (nSPS) is 16.5. The lowest BCUT2D eigenvalue weighted by molar-refractivity contribution is -0.125. The van der Waals surface area contributed by atoms with Crippen molar-refractivity contribution in [3.63, 3.8) is 0 Å². The maximum absolute atomic E-state index is 12.1. The smallest absolute Gasteiger partial charge is 0.223 e. The zero-order chi connectivity index (χ0) is 17.2. The molecule has 1 aromatic rings. The number of amides is 1. The quantitative estimate of drug-likeness (QED) is 0.266. The van der Waals surface area contributed by atoms with Gasteiger partial charge < -0.3 is 16.0 Å². The van der Waals surface area contributed by atoms with E-state index in [-0.39, 0.29) is 41.8 Å². The van der Waals surface area contributed by atoms with Crippen LogP contribution in [0.1, 0.15) is 50.6 Å². The number of hydrogen-bond donors (Lipinski definition) is 3. The third-order valence-electron chi connectivity index (χ3n) is 4.57. The molecule has 0 aromatic heterocycles. The van der Waals surface area contributed by atoms with Crippen LogP contribution in [0.25, 0.3) is 0 Å². The second-order valence-corrected chi connectivity index (χ2v) is 6.40. The Hall–Kier alpha value is -1.31. The van der Waals surface area contributed by atoms with Gasteiger partial charge in [0.2, 0.25) is 5.91 Å². The van der Waals surface area contributed by atoms with Gasteiger partial charge in [-0.1, -0.05) is 49.6 Å². The molecule has 0 radical (unpaired) electrons. The number of carbonyl (C=O) groups is 1. The van der Waals surface area contributed by atoms with Gasteiger partial charge in [-0.3, -0.25) is 9.79 Å². The molecule has 25 heavy (non-hydrogen) atoms. The van der Waals surface area contributed by atoms with E-state index in [4.69, 9.17) is 0 Å². The maximum Gasteiger partial charge on any atom is 0.223 e. The van der Waals surface area contributed by atoms with E-state index in [9.17, 15) is 4.79 Å². The van der Waals surface area contributed by atoms with Crippen molar-refractivity contribution in [3.8, 4) is 0 Å². The minimum absolute atomic E-state index is 0. The number of carbonyl (C=O) groups excluding carboxylic acids is 1. The minimum atomic E-state index is 0. The Kier molecular flexibility index (Phi) is 10.5. The fourth-order valence-corrected chi connectivity index (χ4v) is 3.10. The van der Waals surface area contributed by atoms with Crippen molar-refractivity contribution >= 4 is 35.8 Å². The topological polar surface area (TPSA) is 65.5 Å². The summed E-state index contributed by atoms with van der Waals surface area (Å²) in [5.41, 5.74) is 1.21. The summed E-state index contributed by atoms with van der Waals surface area (Å²) in [5.74, 6) is 1.17. The van der Waals surface area contributed by atoms with Crippen molar-refractivity contribution in [1.29, 1.82) is 0 Å². The summed E-state index contributed by atoms with van der Waals surface area (Å²) in [5, 5.41) is 9.65. The number of aliphatic imine (C=N–C) groups is 1. The van der Waals surface area contributed by atoms with Crippen LogP contribution in [0.15, 0.2) is 35.3 Å². The first-order valence-corrected chi connectivity index (χ1v) is 9.00.